The lowest BCUT2D eigenvalue weighted by molar-refractivity contribution is -0.115. The number of anilines is 2. The van der Waals surface area contributed by atoms with Crippen molar-refractivity contribution in [3.8, 4) is 5.75 Å². The van der Waals surface area contributed by atoms with E-state index in [9.17, 15) is 13.2 Å². The molecule has 0 aliphatic heterocycles. The smallest absolute Gasteiger partial charge is 0.261 e. The highest BCUT2D eigenvalue weighted by atomic mass is 32.2. The topological polar surface area (TPSA) is 96.5 Å². The number of ether oxygens (including phenoxy) is 1. The predicted molar refractivity (Wildman–Crippen MR) is 144 cm³/mol. The highest BCUT2D eigenvalue weighted by Crippen LogP contribution is 2.22. The van der Waals surface area contributed by atoms with Gasteiger partial charge in [-0.2, -0.15) is 0 Å². The maximum atomic E-state index is 12.7. The van der Waals surface area contributed by atoms with E-state index in [-0.39, 0.29) is 10.0 Å². The molecule has 3 aromatic rings. The van der Waals surface area contributed by atoms with Crippen molar-refractivity contribution in [1.29, 1.82) is 0 Å². The Labute approximate surface area is 211 Å². The Morgan fingerprint density at radius 1 is 1.00 bits per heavy atom. The summed E-state index contributed by atoms with van der Waals surface area (Å²) in [4.78, 5) is 12.3. The van der Waals surface area contributed by atoms with Crippen LogP contribution in [-0.2, 0) is 14.8 Å². The van der Waals surface area contributed by atoms with Gasteiger partial charge < -0.3 is 10.1 Å². The summed E-state index contributed by atoms with van der Waals surface area (Å²) in [5.41, 5.74) is 3.80. The third-order valence-corrected chi connectivity index (χ3v) is 6.49. The first-order chi connectivity index (χ1) is 16.7. The molecule has 7 nitrogen and oxygen atoms in total. The van der Waals surface area contributed by atoms with Crippen LogP contribution in [0.1, 0.15) is 23.6 Å². The quantitative estimate of drug-likeness (QED) is 0.291. The van der Waals surface area contributed by atoms with Gasteiger partial charge in [-0.15, -0.1) is 0 Å². The molecule has 0 spiro atoms. The van der Waals surface area contributed by atoms with Gasteiger partial charge in [0, 0.05) is 11.8 Å². The molecule has 1 amide bonds. The summed E-state index contributed by atoms with van der Waals surface area (Å²) in [6, 6.07) is 18.9. The summed E-state index contributed by atoms with van der Waals surface area (Å²) in [6.45, 7) is 6.29. The van der Waals surface area contributed by atoms with Gasteiger partial charge in [0.05, 0.1) is 17.2 Å². The van der Waals surface area contributed by atoms with Gasteiger partial charge in [0.25, 0.3) is 10.0 Å². The van der Waals surface area contributed by atoms with E-state index in [4.69, 9.17) is 17.0 Å². The molecule has 0 aromatic heterocycles. The molecule has 182 valence electrons. The molecule has 0 heterocycles. The Kier molecular flexibility index (Phi) is 8.62. The summed E-state index contributed by atoms with van der Waals surface area (Å²) in [5.74, 6) is 0.368. The first kappa shape index (κ1) is 25.9. The van der Waals surface area contributed by atoms with Crippen LogP contribution in [-0.4, -0.2) is 26.0 Å². The molecule has 0 aliphatic carbocycles. The summed E-state index contributed by atoms with van der Waals surface area (Å²) < 4.78 is 33.5. The fourth-order valence-corrected chi connectivity index (χ4v) is 4.53. The van der Waals surface area contributed by atoms with E-state index in [2.05, 4.69) is 15.4 Å². The summed E-state index contributed by atoms with van der Waals surface area (Å²) in [7, 11) is -3.75. The minimum absolute atomic E-state index is 0.0929. The Bertz CT molecular complexity index is 1330. The molecular formula is C26H27N3O4S2. The molecule has 3 rings (SSSR count). The lowest BCUT2D eigenvalue weighted by Crippen LogP contribution is -2.32. The Balaban J connectivity index is 1.55. The van der Waals surface area contributed by atoms with Gasteiger partial charge in [-0.1, -0.05) is 29.8 Å². The number of sulfonamides is 1. The van der Waals surface area contributed by atoms with Crippen molar-refractivity contribution in [1.82, 2.24) is 5.32 Å². The van der Waals surface area contributed by atoms with Gasteiger partial charge in [0.1, 0.15) is 5.75 Å². The van der Waals surface area contributed by atoms with Crippen molar-refractivity contribution in [3.63, 3.8) is 0 Å². The fourth-order valence-electron chi connectivity index (χ4n) is 3.18. The normalized spacial score (nSPS) is 11.2. The SMILES string of the molecule is CCOc1ccc(/C=C/C(=O)NC(=S)Nc2ccc(S(=O)(=O)Nc3ccc(C)cc3C)cc2)cc1. The van der Waals surface area contributed by atoms with Crippen LogP contribution in [0.2, 0.25) is 0 Å². The molecule has 0 bridgehead atoms. The van der Waals surface area contributed by atoms with Gasteiger partial charge in [0.15, 0.2) is 5.11 Å². The molecule has 0 radical (unpaired) electrons. The van der Waals surface area contributed by atoms with E-state index in [1.54, 1.807) is 24.3 Å². The average Bonchev–Trinajstić information content (AvgIpc) is 2.81. The number of benzene rings is 3. The zero-order valence-corrected chi connectivity index (χ0v) is 21.3. The van der Waals surface area contributed by atoms with E-state index in [1.807, 2.05) is 57.2 Å². The van der Waals surface area contributed by atoms with E-state index in [0.717, 1.165) is 22.4 Å². The van der Waals surface area contributed by atoms with Crippen LogP contribution in [0.3, 0.4) is 0 Å². The predicted octanol–water partition coefficient (Wildman–Crippen LogP) is 5.03. The highest BCUT2D eigenvalue weighted by molar-refractivity contribution is 7.92. The van der Waals surface area contributed by atoms with Crippen LogP contribution < -0.4 is 20.1 Å². The van der Waals surface area contributed by atoms with E-state index >= 15 is 0 Å². The van der Waals surface area contributed by atoms with Crippen LogP contribution in [0, 0.1) is 13.8 Å². The maximum absolute atomic E-state index is 12.7. The van der Waals surface area contributed by atoms with Crippen molar-refractivity contribution in [3.05, 3.63) is 89.5 Å². The molecule has 3 aromatic carbocycles. The zero-order valence-electron chi connectivity index (χ0n) is 19.7. The summed E-state index contributed by atoms with van der Waals surface area (Å²) in [6.07, 6.45) is 3.04. The van der Waals surface area contributed by atoms with Crippen molar-refractivity contribution in [2.24, 2.45) is 0 Å². The minimum Gasteiger partial charge on any atom is -0.494 e. The number of rotatable bonds is 8. The zero-order chi connectivity index (χ0) is 25.4. The molecule has 0 atom stereocenters. The second-order valence-electron chi connectivity index (χ2n) is 7.73. The van der Waals surface area contributed by atoms with E-state index in [1.165, 1.54) is 18.2 Å². The number of carbonyl (C=O) groups excluding carboxylic acids is 1. The van der Waals surface area contributed by atoms with Gasteiger partial charge in [0.2, 0.25) is 5.91 Å². The van der Waals surface area contributed by atoms with Crippen molar-refractivity contribution < 1.29 is 17.9 Å². The molecule has 9 heteroatoms. The summed E-state index contributed by atoms with van der Waals surface area (Å²) in [5, 5.41) is 5.52. The second kappa shape index (κ2) is 11.6. The molecule has 0 saturated heterocycles. The molecule has 0 saturated carbocycles. The average molecular weight is 510 g/mol. The van der Waals surface area contributed by atoms with Crippen LogP contribution in [0.4, 0.5) is 11.4 Å². The van der Waals surface area contributed by atoms with Crippen molar-refractivity contribution >= 4 is 50.7 Å². The third-order valence-electron chi connectivity index (χ3n) is 4.90. The van der Waals surface area contributed by atoms with Crippen molar-refractivity contribution in [2.75, 3.05) is 16.6 Å². The number of hydrogen-bond acceptors (Lipinski definition) is 5. The fraction of sp³-hybridized carbons (Fsp3) is 0.154. The largest absolute Gasteiger partial charge is 0.494 e. The van der Waals surface area contributed by atoms with Crippen LogP contribution in [0.5, 0.6) is 5.75 Å². The lowest BCUT2D eigenvalue weighted by atomic mass is 10.1. The first-order valence-electron chi connectivity index (χ1n) is 10.9. The third kappa shape index (κ3) is 7.66. The second-order valence-corrected chi connectivity index (χ2v) is 9.82. The number of thiocarbonyl (C=S) groups is 1. The van der Waals surface area contributed by atoms with Gasteiger partial charge >= 0.3 is 0 Å². The van der Waals surface area contributed by atoms with Gasteiger partial charge in [-0.3, -0.25) is 14.8 Å². The van der Waals surface area contributed by atoms with Gasteiger partial charge in [-0.05, 0) is 92.7 Å². The van der Waals surface area contributed by atoms with E-state index in [0.29, 0.717) is 18.0 Å². The molecule has 0 fully saturated rings. The Morgan fingerprint density at radius 3 is 2.31 bits per heavy atom. The molecule has 3 N–H and O–H groups in total. The number of aryl methyl sites for hydroxylation is 2. The van der Waals surface area contributed by atoms with Crippen LogP contribution >= 0.6 is 12.2 Å². The molecule has 0 aliphatic rings. The minimum atomic E-state index is -3.75. The summed E-state index contributed by atoms with van der Waals surface area (Å²) >= 11 is 5.18. The Morgan fingerprint density at radius 2 is 1.69 bits per heavy atom. The Hall–Kier alpha value is -3.69. The van der Waals surface area contributed by atoms with Crippen molar-refractivity contribution in [2.45, 2.75) is 25.7 Å². The van der Waals surface area contributed by atoms with Crippen LogP contribution in [0.15, 0.2) is 77.7 Å². The number of nitrogens with one attached hydrogen (secondary N) is 3. The highest BCUT2D eigenvalue weighted by Gasteiger charge is 2.15. The molecule has 35 heavy (non-hydrogen) atoms. The lowest BCUT2D eigenvalue weighted by Gasteiger charge is -2.12. The monoisotopic (exact) mass is 509 g/mol. The van der Waals surface area contributed by atoms with Crippen LogP contribution in [0.25, 0.3) is 6.08 Å². The maximum Gasteiger partial charge on any atom is 0.261 e. The molecule has 0 unspecified atom stereocenters. The molecular weight excluding hydrogens is 482 g/mol. The first-order valence-corrected chi connectivity index (χ1v) is 12.8. The number of hydrogen-bond donors (Lipinski definition) is 3. The standard InChI is InChI=1S/C26H27N3O4S2/c1-4-33-22-11-6-20(7-12-22)8-16-25(30)28-26(34)27-21-9-13-23(14-10-21)35(31,32)29-24-15-5-18(2)17-19(24)3/h5-17,29H,4H2,1-3H3,(H2,27,28,30,34)/b16-8+. The van der Waals surface area contributed by atoms with Gasteiger partial charge in [-0.25, -0.2) is 8.42 Å². The van der Waals surface area contributed by atoms with E-state index < -0.39 is 15.9 Å². The number of carbonyl (C=O) groups is 1. The number of amides is 1.